The standard InChI is InChI=1S/C20H38N6/c1-7-21-20(22-11-13-26-12-9-8-10-16(26)3)23-15(2)14-19-17(4)24-25(6)18(19)5/h15-16H,7-14H2,1-6H3,(H2,21,22,23). The number of aromatic nitrogens is 2. The maximum atomic E-state index is 4.81. The number of likely N-dealkylation sites (tertiary alicyclic amines) is 1. The van der Waals surface area contributed by atoms with Crippen molar-refractivity contribution in [2.75, 3.05) is 26.2 Å². The van der Waals surface area contributed by atoms with Gasteiger partial charge in [0.15, 0.2) is 5.96 Å². The van der Waals surface area contributed by atoms with Gasteiger partial charge in [-0.3, -0.25) is 14.6 Å². The highest BCUT2D eigenvalue weighted by Crippen LogP contribution is 2.16. The second kappa shape index (κ2) is 9.95. The van der Waals surface area contributed by atoms with E-state index < -0.39 is 0 Å². The smallest absolute Gasteiger partial charge is 0.191 e. The summed E-state index contributed by atoms with van der Waals surface area (Å²) in [5.41, 5.74) is 3.71. The molecule has 148 valence electrons. The molecule has 0 bridgehead atoms. The van der Waals surface area contributed by atoms with Crippen molar-refractivity contribution in [3.8, 4) is 0 Å². The summed E-state index contributed by atoms with van der Waals surface area (Å²) in [4.78, 5) is 7.38. The summed E-state index contributed by atoms with van der Waals surface area (Å²) in [6.07, 6.45) is 4.98. The van der Waals surface area contributed by atoms with Crippen LogP contribution in [0.4, 0.5) is 0 Å². The van der Waals surface area contributed by atoms with Gasteiger partial charge >= 0.3 is 0 Å². The topological polar surface area (TPSA) is 57.5 Å². The summed E-state index contributed by atoms with van der Waals surface area (Å²) in [5.74, 6) is 0.920. The Morgan fingerprint density at radius 2 is 2.12 bits per heavy atom. The van der Waals surface area contributed by atoms with Gasteiger partial charge in [-0.1, -0.05) is 6.42 Å². The van der Waals surface area contributed by atoms with Gasteiger partial charge in [0.2, 0.25) is 0 Å². The average molecular weight is 363 g/mol. The Bertz CT molecular complexity index is 591. The lowest BCUT2D eigenvalue weighted by Gasteiger charge is -2.32. The van der Waals surface area contributed by atoms with Crippen molar-refractivity contribution in [3.05, 3.63) is 17.0 Å². The first-order valence-electron chi connectivity index (χ1n) is 10.2. The van der Waals surface area contributed by atoms with Gasteiger partial charge in [0.05, 0.1) is 12.2 Å². The fraction of sp³-hybridized carbons (Fsp3) is 0.800. The lowest BCUT2D eigenvalue weighted by molar-refractivity contribution is 0.166. The molecule has 6 nitrogen and oxygen atoms in total. The molecular weight excluding hydrogens is 324 g/mol. The van der Waals surface area contributed by atoms with E-state index in [1.165, 1.54) is 37.1 Å². The number of aliphatic imine (C=N–C) groups is 1. The minimum Gasteiger partial charge on any atom is -0.357 e. The summed E-state index contributed by atoms with van der Waals surface area (Å²) in [6.45, 7) is 14.9. The van der Waals surface area contributed by atoms with Crippen LogP contribution in [0.2, 0.25) is 0 Å². The first-order valence-corrected chi connectivity index (χ1v) is 10.2. The molecule has 1 aliphatic heterocycles. The predicted molar refractivity (Wildman–Crippen MR) is 110 cm³/mol. The van der Waals surface area contributed by atoms with Crippen molar-refractivity contribution in [2.24, 2.45) is 12.0 Å². The highest BCUT2D eigenvalue weighted by atomic mass is 15.3. The Morgan fingerprint density at radius 3 is 2.73 bits per heavy atom. The lowest BCUT2D eigenvalue weighted by atomic mass is 10.0. The van der Waals surface area contributed by atoms with Crippen LogP contribution in [0.15, 0.2) is 4.99 Å². The molecule has 2 rings (SSSR count). The van der Waals surface area contributed by atoms with Gasteiger partial charge in [0, 0.05) is 37.9 Å². The molecule has 1 aliphatic rings. The van der Waals surface area contributed by atoms with Crippen molar-refractivity contribution >= 4 is 5.96 Å². The second-order valence-corrected chi connectivity index (χ2v) is 7.66. The highest BCUT2D eigenvalue weighted by molar-refractivity contribution is 5.80. The predicted octanol–water partition coefficient (Wildman–Crippen LogP) is 2.40. The van der Waals surface area contributed by atoms with Crippen LogP contribution in [0.5, 0.6) is 0 Å². The van der Waals surface area contributed by atoms with E-state index in [1.807, 2.05) is 11.7 Å². The highest BCUT2D eigenvalue weighted by Gasteiger charge is 2.17. The third-order valence-corrected chi connectivity index (χ3v) is 5.49. The first kappa shape index (κ1) is 20.7. The van der Waals surface area contributed by atoms with Crippen LogP contribution < -0.4 is 10.6 Å². The quantitative estimate of drug-likeness (QED) is 0.578. The molecule has 0 amide bonds. The van der Waals surface area contributed by atoms with E-state index in [-0.39, 0.29) is 0 Å². The van der Waals surface area contributed by atoms with Crippen LogP contribution in [0, 0.1) is 13.8 Å². The van der Waals surface area contributed by atoms with Gasteiger partial charge in [-0.25, -0.2) is 0 Å². The third kappa shape index (κ3) is 5.73. The summed E-state index contributed by atoms with van der Waals surface area (Å²) in [5, 5.41) is 11.5. The third-order valence-electron chi connectivity index (χ3n) is 5.49. The lowest BCUT2D eigenvalue weighted by Crippen LogP contribution is -2.44. The number of hydrogen-bond acceptors (Lipinski definition) is 3. The maximum Gasteiger partial charge on any atom is 0.191 e. The van der Waals surface area contributed by atoms with E-state index in [2.05, 4.69) is 55.3 Å². The molecule has 0 aliphatic carbocycles. The van der Waals surface area contributed by atoms with Crippen LogP contribution in [-0.4, -0.2) is 58.9 Å². The molecule has 1 aromatic heterocycles. The Balaban J connectivity index is 1.89. The SMILES string of the molecule is CCNC(=NCCN1CCCCC1C)NC(C)Cc1c(C)nn(C)c1C. The molecule has 6 heteroatoms. The Kier molecular flexibility index (Phi) is 7.94. The summed E-state index contributed by atoms with van der Waals surface area (Å²) < 4.78 is 1.97. The maximum absolute atomic E-state index is 4.81. The van der Waals surface area contributed by atoms with Gasteiger partial charge in [-0.05, 0) is 66.0 Å². The fourth-order valence-electron chi connectivity index (χ4n) is 3.80. The van der Waals surface area contributed by atoms with Crippen LogP contribution in [0.25, 0.3) is 0 Å². The zero-order chi connectivity index (χ0) is 19.1. The monoisotopic (exact) mass is 362 g/mol. The molecule has 1 saturated heterocycles. The summed E-state index contributed by atoms with van der Waals surface area (Å²) in [7, 11) is 2.01. The number of nitrogens with zero attached hydrogens (tertiary/aromatic N) is 4. The number of piperidine rings is 1. The Labute approximate surface area is 159 Å². The van der Waals surface area contributed by atoms with Crippen molar-refractivity contribution in [1.29, 1.82) is 0 Å². The van der Waals surface area contributed by atoms with Crippen molar-refractivity contribution in [1.82, 2.24) is 25.3 Å². The first-order chi connectivity index (χ1) is 12.4. The van der Waals surface area contributed by atoms with Gasteiger partial charge in [0.1, 0.15) is 0 Å². The minimum atomic E-state index is 0.309. The van der Waals surface area contributed by atoms with E-state index in [0.717, 1.165) is 37.7 Å². The Hall–Kier alpha value is -1.56. The van der Waals surface area contributed by atoms with Crippen LogP contribution >= 0.6 is 0 Å². The number of aryl methyl sites for hydroxylation is 2. The second-order valence-electron chi connectivity index (χ2n) is 7.66. The van der Waals surface area contributed by atoms with Crippen LogP contribution in [0.3, 0.4) is 0 Å². The van der Waals surface area contributed by atoms with Crippen LogP contribution in [-0.2, 0) is 13.5 Å². The van der Waals surface area contributed by atoms with Crippen molar-refractivity contribution < 1.29 is 0 Å². The van der Waals surface area contributed by atoms with E-state index in [4.69, 9.17) is 4.99 Å². The molecule has 2 heterocycles. The normalized spacial score (nSPS) is 20.2. The van der Waals surface area contributed by atoms with Gasteiger partial charge < -0.3 is 10.6 Å². The summed E-state index contributed by atoms with van der Waals surface area (Å²) in [6, 6.07) is 1.01. The van der Waals surface area contributed by atoms with Gasteiger partial charge in [-0.15, -0.1) is 0 Å². The number of nitrogens with one attached hydrogen (secondary N) is 2. The molecule has 2 N–H and O–H groups in total. The minimum absolute atomic E-state index is 0.309. The number of rotatable bonds is 7. The molecule has 1 aromatic rings. The van der Waals surface area contributed by atoms with E-state index >= 15 is 0 Å². The zero-order valence-electron chi connectivity index (χ0n) is 17.6. The molecular formula is C20H38N6. The van der Waals surface area contributed by atoms with Gasteiger partial charge in [-0.2, -0.15) is 5.10 Å². The molecule has 2 unspecified atom stereocenters. The van der Waals surface area contributed by atoms with Crippen LogP contribution in [0.1, 0.15) is 57.0 Å². The molecule has 0 radical (unpaired) electrons. The largest absolute Gasteiger partial charge is 0.357 e. The molecule has 26 heavy (non-hydrogen) atoms. The number of guanidine groups is 1. The van der Waals surface area contributed by atoms with Crippen molar-refractivity contribution in [2.45, 2.75) is 72.4 Å². The van der Waals surface area contributed by atoms with E-state index in [0.29, 0.717) is 12.1 Å². The Morgan fingerprint density at radius 1 is 1.35 bits per heavy atom. The molecule has 0 aromatic carbocycles. The van der Waals surface area contributed by atoms with E-state index in [9.17, 15) is 0 Å². The summed E-state index contributed by atoms with van der Waals surface area (Å²) >= 11 is 0. The molecule has 0 saturated carbocycles. The zero-order valence-corrected chi connectivity index (χ0v) is 17.6. The van der Waals surface area contributed by atoms with E-state index in [1.54, 1.807) is 0 Å². The average Bonchev–Trinajstić information content (AvgIpc) is 2.83. The van der Waals surface area contributed by atoms with Crippen molar-refractivity contribution in [3.63, 3.8) is 0 Å². The number of hydrogen-bond donors (Lipinski definition) is 2. The molecule has 2 atom stereocenters. The molecule has 0 spiro atoms. The van der Waals surface area contributed by atoms with Gasteiger partial charge in [0.25, 0.3) is 0 Å². The molecule has 1 fully saturated rings. The fourth-order valence-corrected chi connectivity index (χ4v) is 3.80.